The zero-order valence-electron chi connectivity index (χ0n) is 30.8. The van der Waals surface area contributed by atoms with Crippen LogP contribution in [0.1, 0.15) is 58.7 Å². The number of aliphatic carboxylic acids is 1. The standard InChI is InChI=1S/C44H45ClN4O5/c1-28-34(7-4-10-38(28)39-11-5-9-37(29(39)2)33-14-12-30(13-15-33)18-36-8-6-16-48-36)26-54-42-20-41(53-25-32-17-31(21-46)22-47-23-32)35(19-40(42)45)24-49-44(3,27-50)43(51)52/h4-5,7,9-15,17,19-20,22-23,36,48-50H,6,8,16,18,24-27H2,1-3H3,(H,51,52)/t36?,44-/m0/s1. The van der Waals surface area contributed by atoms with Crippen molar-refractivity contribution in [2.45, 2.75) is 71.4 Å². The van der Waals surface area contributed by atoms with Crippen LogP contribution in [0.25, 0.3) is 22.3 Å². The molecule has 278 valence electrons. The Morgan fingerprint density at radius 1 is 0.944 bits per heavy atom. The highest BCUT2D eigenvalue weighted by Crippen LogP contribution is 2.37. The molecule has 1 saturated heterocycles. The van der Waals surface area contributed by atoms with Crippen LogP contribution in [0, 0.1) is 25.2 Å². The summed E-state index contributed by atoms with van der Waals surface area (Å²) in [5.74, 6) is -0.410. The normalized spacial score (nSPS) is 15.0. The van der Waals surface area contributed by atoms with Crippen molar-refractivity contribution in [3.63, 3.8) is 0 Å². The summed E-state index contributed by atoms with van der Waals surface area (Å²) in [5, 5.41) is 35.6. The first kappa shape index (κ1) is 38.5. The molecule has 0 amide bonds. The molecule has 0 spiro atoms. The molecule has 2 atom stereocenters. The van der Waals surface area contributed by atoms with Crippen molar-refractivity contribution in [3.05, 3.63) is 135 Å². The van der Waals surface area contributed by atoms with E-state index in [1.54, 1.807) is 24.4 Å². The maximum atomic E-state index is 11.8. The number of carbonyl (C=O) groups is 1. The molecule has 1 unspecified atom stereocenters. The molecule has 4 aromatic carbocycles. The minimum atomic E-state index is -1.58. The summed E-state index contributed by atoms with van der Waals surface area (Å²) in [7, 11) is 0. The molecule has 6 rings (SSSR count). The number of benzene rings is 4. The maximum Gasteiger partial charge on any atom is 0.326 e. The Hall–Kier alpha value is -5.24. The topological polar surface area (TPSA) is 137 Å². The van der Waals surface area contributed by atoms with Gasteiger partial charge in [0.25, 0.3) is 0 Å². The summed E-state index contributed by atoms with van der Waals surface area (Å²) in [5.41, 5.74) is 9.37. The van der Waals surface area contributed by atoms with E-state index in [0.29, 0.717) is 39.3 Å². The van der Waals surface area contributed by atoms with Crippen molar-refractivity contribution in [3.8, 4) is 39.8 Å². The third-order valence-corrected chi connectivity index (χ3v) is 10.5. The first-order valence-electron chi connectivity index (χ1n) is 18.1. The summed E-state index contributed by atoms with van der Waals surface area (Å²) in [6.45, 7) is 6.53. The van der Waals surface area contributed by atoms with E-state index in [2.05, 4.69) is 84.1 Å². The summed E-state index contributed by atoms with van der Waals surface area (Å²) >= 11 is 6.76. The lowest BCUT2D eigenvalue weighted by Gasteiger charge is -2.25. The Morgan fingerprint density at radius 2 is 1.67 bits per heavy atom. The number of halogens is 1. The summed E-state index contributed by atoms with van der Waals surface area (Å²) < 4.78 is 12.5. The van der Waals surface area contributed by atoms with Crippen LogP contribution in [0.15, 0.2) is 91.3 Å². The number of nitrogens with one attached hydrogen (secondary N) is 2. The van der Waals surface area contributed by atoms with E-state index in [1.807, 2.05) is 12.1 Å². The number of nitrogens with zero attached hydrogens (tertiary/aromatic N) is 2. The Balaban J connectivity index is 1.22. The molecular weight excluding hydrogens is 700 g/mol. The van der Waals surface area contributed by atoms with E-state index in [-0.39, 0.29) is 19.8 Å². The van der Waals surface area contributed by atoms with Crippen LogP contribution >= 0.6 is 11.6 Å². The third kappa shape index (κ3) is 8.92. The second kappa shape index (κ2) is 17.3. The van der Waals surface area contributed by atoms with Gasteiger partial charge in [0.1, 0.15) is 36.3 Å². The highest BCUT2D eigenvalue weighted by molar-refractivity contribution is 6.32. The fourth-order valence-electron chi connectivity index (χ4n) is 6.80. The van der Waals surface area contributed by atoms with Gasteiger partial charge in [-0.1, -0.05) is 72.3 Å². The lowest BCUT2D eigenvalue weighted by Crippen LogP contribution is -2.52. The summed E-state index contributed by atoms with van der Waals surface area (Å²) in [6.07, 6.45) is 6.62. The molecule has 5 aromatic rings. The van der Waals surface area contributed by atoms with Gasteiger partial charge >= 0.3 is 5.97 Å². The molecule has 9 nitrogen and oxygen atoms in total. The molecule has 2 heterocycles. The molecule has 10 heteroatoms. The highest BCUT2D eigenvalue weighted by atomic mass is 35.5. The zero-order valence-corrected chi connectivity index (χ0v) is 31.5. The number of aliphatic hydroxyl groups is 1. The van der Waals surface area contributed by atoms with Gasteiger partial charge < -0.3 is 25.0 Å². The number of aromatic nitrogens is 1. The predicted molar refractivity (Wildman–Crippen MR) is 211 cm³/mol. The average Bonchev–Trinajstić information content (AvgIpc) is 3.70. The molecule has 4 N–H and O–H groups in total. The van der Waals surface area contributed by atoms with Crippen molar-refractivity contribution in [2.24, 2.45) is 0 Å². The third-order valence-electron chi connectivity index (χ3n) is 10.3. The fourth-order valence-corrected chi connectivity index (χ4v) is 7.04. The van der Waals surface area contributed by atoms with Crippen LogP contribution in [-0.2, 0) is 31.0 Å². The SMILES string of the molecule is Cc1c(COc2cc(OCc3cncc(C#N)c3)c(CN[C@@](C)(CO)C(=O)O)cc2Cl)cccc1-c1cccc(-c2ccc(CC3CCCN3)cc2)c1C. The molecule has 0 bridgehead atoms. The van der Waals surface area contributed by atoms with Crippen LogP contribution in [-0.4, -0.2) is 45.9 Å². The van der Waals surface area contributed by atoms with Gasteiger partial charge in [-0.3, -0.25) is 15.1 Å². The summed E-state index contributed by atoms with van der Waals surface area (Å²) in [6, 6.07) is 29.3. The molecule has 1 aliphatic rings. The monoisotopic (exact) mass is 744 g/mol. The molecule has 0 radical (unpaired) electrons. The van der Waals surface area contributed by atoms with Gasteiger partial charge in [0, 0.05) is 42.2 Å². The second-order valence-corrected chi connectivity index (χ2v) is 14.5. The van der Waals surface area contributed by atoms with Crippen LogP contribution in [0.5, 0.6) is 11.5 Å². The van der Waals surface area contributed by atoms with Gasteiger partial charge in [0.15, 0.2) is 0 Å². The van der Waals surface area contributed by atoms with E-state index >= 15 is 0 Å². The molecule has 0 aliphatic carbocycles. The van der Waals surface area contributed by atoms with Crippen molar-refractivity contribution >= 4 is 17.6 Å². The van der Waals surface area contributed by atoms with Crippen LogP contribution in [0.3, 0.4) is 0 Å². The zero-order chi connectivity index (χ0) is 38.2. The number of hydrogen-bond acceptors (Lipinski definition) is 8. The molecule has 54 heavy (non-hydrogen) atoms. The molecule has 1 aliphatic heterocycles. The molecule has 1 fully saturated rings. The maximum absolute atomic E-state index is 11.8. The number of hydrogen-bond donors (Lipinski definition) is 4. The number of carboxylic acids is 1. The molecular formula is C44H45ClN4O5. The largest absolute Gasteiger partial charge is 0.488 e. The Labute approximate surface area is 321 Å². The summed E-state index contributed by atoms with van der Waals surface area (Å²) in [4.78, 5) is 15.9. The van der Waals surface area contributed by atoms with Gasteiger partial charge in [0.2, 0.25) is 0 Å². The minimum absolute atomic E-state index is 0.0385. The van der Waals surface area contributed by atoms with Crippen LogP contribution < -0.4 is 20.1 Å². The van der Waals surface area contributed by atoms with Gasteiger partial charge in [-0.05, 0) is 103 Å². The number of pyridine rings is 1. The first-order chi connectivity index (χ1) is 26.1. The van der Waals surface area contributed by atoms with Crippen LogP contribution in [0.4, 0.5) is 0 Å². The lowest BCUT2D eigenvalue weighted by molar-refractivity contribution is -0.145. The number of carboxylic acid groups (broad SMARTS) is 1. The number of ether oxygens (including phenoxy) is 2. The van der Waals surface area contributed by atoms with Gasteiger partial charge in [-0.2, -0.15) is 5.26 Å². The highest BCUT2D eigenvalue weighted by Gasteiger charge is 2.32. The van der Waals surface area contributed by atoms with E-state index < -0.39 is 18.1 Å². The quantitative estimate of drug-likeness (QED) is 0.0842. The van der Waals surface area contributed by atoms with E-state index in [0.717, 1.165) is 35.2 Å². The predicted octanol–water partition coefficient (Wildman–Crippen LogP) is 7.94. The van der Waals surface area contributed by atoms with E-state index in [4.69, 9.17) is 21.1 Å². The van der Waals surface area contributed by atoms with Crippen molar-refractivity contribution in [1.82, 2.24) is 15.6 Å². The number of aliphatic hydroxyl groups excluding tert-OH is 1. The van der Waals surface area contributed by atoms with Gasteiger partial charge in [0.05, 0.1) is 17.2 Å². The lowest BCUT2D eigenvalue weighted by atomic mass is 9.89. The van der Waals surface area contributed by atoms with Crippen molar-refractivity contribution < 1.29 is 24.5 Å². The molecule has 0 saturated carbocycles. The van der Waals surface area contributed by atoms with Gasteiger partial charge in [-0.15, -0.1) is 0 Å². The van der Waals surface area contributed by atoms with Crippen molar-refractivity contribution in [1.29, 1.82) is 5.26 Å². The van der Waals surface area contributed by atoms with Gasteiger partial charge in [-0.25, -0.2) is 0 Å². The second-order valence-electron chi connectivity index (χ2n) is 14.1. The fraction of sp³-hybridized carbons (Fsp3) is 0.295. The Kier molecular flexibility index (Phi) is 12.3. The van der Waals surface area contributed by atoms with E-state index in [9.17, 15) is 20.3 Å². The van der Waals surface area contributed by atoms with Crippen molar-refractivity contribution in [2.75, 3.05) is 13.2 Å². The number of rotatable bonds is 15. The average molecular weight is 745 g/mol. The molecule has 1 aromatic heterocycles. The number of nitriles is 1. The first-order valence-corrected chi connectivity index (χ1v) is 18.5. The smallest absolute Gasteiger partial charge is 0.326 e. The Bertz CT molecular complexity index is 2160. The minimum Gasteiger partial charge on any atom is -0.488 e. The Morgan fingerprint density at radius 3 is 2.37 bits per heavy atom. The van der Waals surface area contributed by atoms with E-state index in [1.165, 1.54) is 48.2 Å². The van der Waals surface area contributed by atoms with Crippen LogP contribution in [0.2, 0.25) is 5.02 Å².